The number of hydrogen-bond acceptors (Lipinski definition) is 7. The molecule has 0 aromatic rings. The van der Waals surface area contributed by atoms with E-state index in [1.165, 1.54) is 0 Å². The van der Waals surface area contributed by atoms with E-state index in [4.69, 9.17) is 14.2 Å². The summed E-state index contributed by atoms with van der Waals surface area (Å²) in [5, 5.41) is 34.8. The van der Waals surface area contributed by atoms with Gasteiger partial charge in [0.2, 0.25) is 0 Å². The van der Waals surface area contributed by atoms with Crippen LogP contribution in [0.5, 0.6) is 0 Å². The van der Waals surface area contributed by atoms with Crippen LogP contribution in [0.4, 0.5) is 0 Å². The van der Waals surface area contributed by atoms with Crippen molar-refractivity contribution in [3.8, 4) is 0 Å². The maximum absolute atomic E-state index is 12.5. The number of fused-ring (bicyclic) bond motifs is 2. The molecule has 7 nitrogen and oxygen atoms in total. The van der Waals surface area contributed by atoms with E-state index in [-0.39, 0.29) is 71.4 Å². The molecule has 1 heterocycles. The first kappa shape index (κ1) is 21.3. The highest BCUT2D eigenvalue weighted by Crippen LogP contribution is 2.79. The van der Waals surface area contributed by atoms with Crippen LogP contribution in [0, 0.1) is 40.4 Å². The molecule has 0 aromatic carbocycles. The van der Waals surface area contributed by atoms with E-state index in [2.05, 4.69) is 11.8 Å². The van der Waals surface area contributed by atoms with Crippen molar-refractivity contribution in [2.75, 3.05) is 41.0 Å². The molecule has 0 aromatic heterocycles. The predicted molar refractivity (Wildman–Crippen MR) is 112 cm³/mol. The molecule has 6 rings (SSSR count). The van der Waals surface area contributed by atoms with Crippen molar-refractivity contribution in [3.63, 3.8) is 0 Å². The molecule has 0 radical (unpaired) electrons. The summed E-state index contributed by atoms with van der Waals surface area (Å²) in [6.07, 6.45) is 2.40. The molecule has 6 aliphatic rings. The van der Waals surface area contributed by atoms with Crippen LogP contribution in [0.3, 0.4) is 0 Å². The van der Waals surface area contributed by atoms with Gasteiger partial charge in [0.15, 0.2) is 0 Å². The Bertz CT molecular complexity index is 752. The molecule has 5 saturated carbocycles. The van der Waals surface area contributed by atoms with Crippen molar-refractivity contribution in [2.24, 2.45) is 40.4 Å². The number of methoxy groups -OCH3 is 3. The van der Waals surface area contributed by atoms with Gasteiger partial charge in [-0.15, -0.1) is 0 Å². The van der Waals surface area contributed by atoms with Gasteiger partial charge in [0, 0.05) is 74.8 Å². The highest BCUT2D eigenvalue weighted by molar-refractivity contribution is 5.35. The minimum atomic E-state index is -1.04. The fourth-order valence-corrected chi connectivity index (χ4v) is 10.7. The first-order valence-corrected chi connectivity index (χ1v) is 12.2. The summed E-state index contributed by atoms with van der Waals surface area (Å²) in [5.41, 5.74) is -1.52. The SMILES string of the molecule is CCN1C[C@]2(CO)CC[C@H](OC)[C@@]34[C@@H]5C[C@H]6[C@H](O)[C@@H]5[C@](O)(C[C@H]6OC)[C@@H]([C@H](OC)[C@H]23)[C@@H]14. The highest BCUT2D eigenvalue weighted by Gasteiger charge is 2.86. The summed E-state index contributed by atoms with van der Waals surface area (Å²) < 4.78 is 18.4. The van der Waals surface area contributed by atoms with Gasteiger partial charge < -0.3 is 29.5 Å². The van der Waals surface area contributed by atoms with Crippen LogP contribution in [0.25, 0.3) is 0 Å². The molecule has 1 spiro atoms. The van der Waals surface area contributed by atoms with E-state index in [1.54, 1.807) is 14.2 Å². The Labute approximate surface area is 185 Å². The second-order valence-corrected chi connectivity index (χ2v) is 11.5. The number of piperidine rings is 1. The van der Waals surface area contributed by atoms with E-state index < -0.39 is 11.7 Å². The van der Waals surface area contributed by atoms with Crippen molar-refractivity contribution in [2.45, 2.75) is 68.7 Å². The number of hydrogen-bond donors (Lipinski definition) is 3. The summed E-state index contributed by atoms with van der Waals surface area (Å²) in [7, 11) is 5.30. The van der Waals surface area contributed by atoms with Gasteiger partial charge in [-0.1, -0.05) is 6.92 Å². The lowest BCUT2D eigenvalue weighted by atomic mass is 9.43. The summed E-state index contributed by atoms with van der Waals surface area (Å²) in [6.45, 7) is 4.04. The lowest BCUT2D eigenvalue weighted by Crippen LogP contribution is -2.76. The number of aliphatic hydroxyl groups excluding tert-OH is 2. The minimum absolute atomic E-state index is 0.0428. The monoisotopic (exact) mass is 437 g/mol. The van der Waals surface area contributed by atoms with Crippen LogP contribution < -0.4 is 0 Å². The maximum Gasteiger partial charge on any atom is 0.0796 e. The van der Waals surface area contributed by atoms with Crippen LogP contribution in [-0.4, -0.2) is 97.3 Å². The van der Waals surface area contributed by atoms with Gasteiger partial charge in [0.1, 0.15) is 0 Å². The molecule has 3 N–H and O–H groups in total. The summed E-state index contributed by atoms with van der Waals surface area (Å²) >= 11 is 0. The Morgan fingerprint density at radius 1 is 1.10 bits per heavy atom. The smallest absolute Gasteiger partial charge is 0.0796 e. The summed E-state index contributed by atoms with van der Waals surface area (Å²) in [6, 6.07) is 0.130. The van der Waals surface area contributed by atoms with Gasteiger partial charge in [-0.25, -0.2) is 0 Å². The zero-order valence-corrected chi connectivity index (χ0v) is 19.2. The number of ether oxygens (including phenoxy) is 3. The van der Waals surface area contributed by atoms with E-state index in [9.17, 15) is 15.3 Å². The summed E-state index contributed by atoms with van der Waals surface area (Å²) in [5.74, 6) is -0.00243. The molecule has 176 valence electrons. The first-order valence-electron chi connectivity index (χ1n) is 12.2. The van der Waals surface area contributed by atoms with Crippen LogP contribution in [0.2, 0.25) is 0 Å². The average Bonchev–Trinajstić information content (AvgIpc) is 3.18. The van der Waals surface area contributed by atoms with E-state index >= 15 is 0 Å². The van der Waals surface area contributed by atoms with Gasteiger partial charge in [-0.05, 0) is 31.7 Å². The molecule has 6 fully saturated rings. The molecule has 7 heteroatoms. The zero-order chi connectivity index (χ0) is 21.9. The van der Waals surface area contributed by atoms with E-state index in [1.807, 2.05) is 7.11 Å². The highest BCUT2D eigenvalue weighted by atomic mass is 16.5. The van der Waals surface area contributed by atoms with Crippen LogP contribution in [-0.2, 0) is 14.2 Å². The molecule has 0 amide bonds. The van der Waals surface area contributed by atoms with E-state index in [0.29, 0.717) is 6.42 Å². The molecular formula is C24H39NO6. The maximum atomic E-state index is 12.5. The lowest BCUT2D eigenvalue weighted by Gasteiger charge is -2.69. The fourth-order valence-electron chi connectivity index (χ4n) is 10.7. The Hall–Kier alpha value is -0.280. The molecule has 13 atom stereocenters. The lowest BCUT2D eigenvalue weighted by molar-refractivity contribution is -0.275. The fraction of sp³-hybridized carbons (Fsp3) is 1.00. The standard InChI is InChI=1S/C24H39NO6/c1-5-25-10-22(11-26)7-6-15(30-3)24-13-8-12-14(29-2)9-23(28,16(13)18(12)27)17(21(24)25)19(31-4)20(22)24/h12-21,26-28H,5-11H2,1-4H3/t12-,13-,14-,15+,16-,17+,18+,19+,20-,21-,22+,23-,24+/m1/s1. The molecule has 5 aliphatic carbocycles. The molecule has 1 aliphatic heterocycles. The number of likely N-dealkylation sites (tertiary alicyclic amines) is 1. The van der Waals surface area contributed by atoms with E-state index in [0.717, 1.165) is 32.4 Å². The van der Waals surface area contributed by atoms with Gasteiger partial charge in [-0.3, -0.25) is 4.90 Å². The topological polar surface area (TPSA) is 91.6 Å². The predicted octanol–water partition coefficient (Wildman–Crippen LogP) is 0.502. The largest absolute Gasteiger partial charge is 0.396 e. The Balaban J connectivity index is 1.64. The number of aliphatic hydroxyl groups is 3. The first-order chi connectivity index (χ1) is 14.9. The molecule has 0 unspecified atom stereocenters. The number of nitrogens with zero attached hydrogens (tertiary/aromatic N) is 1. The molecule has 7 bridgehead atoms. The van der Waals surface area contributed by atoms with Crippen molar-refractivity contribution in [1.29, 1.82) is 0 Å². The third-order valence-corrected chi connectivity index (χ3v) is 11.3. The zero-order valence-electron chi connectivity index (χ0n) is 19.2. The minimum Gasteiger partial charge on any atom is -0.396 e. The summed E-state index contributed by atoms with van der Waals surface area (Å²) in [4.78, 5) is 2.52. The second kappa shape index (κ2) is 6.65. The Morgan fingerprint density at radius 2 is 1.87 bits per heavy atom. The van der Waals surface area contributed by atoms with Crippen molar-refractivity contribution >= 4 is 0 Å². The second-order valence-electron chi connectivity index (χ2n) is 11.5. The normalized spacial score (nSPS) is 61.6. The number of rotatable bonds is 5. The third kappa shape index (κ3) is 2.08. The van der Waals surface area contributed by atoms with Crippen LogP contribution >= 0.6 is 0 Å². The quantitative estimate of drug-likeness (QED) is 0.577. The average molecular weight is 438 g/mol. The third-order valence-electron chi connectivity index (χ3n) is 11.3. The molecular weight excluding hydrogens is 398 g/mol. The molecule has 31 heavy (non-hydrogen) atoms. The molecule has 1 saturated heterocycles. The van der Waals surface area contributed by atoms with Crippen molar-refractivity contribution in [3.05, 3.63) is 0 Å². The van der Waals surface area contributed by atoms with Crippen molar-refractivity contribution < 1.29 is 29.5 Å². The Morgan fingerprint density at radius 3 is 2.48 bits per heavy atom. The Kier molecular flexibility index (Phi) is 4.56. The van der Waals surface area contributed by atoms with Gasteiger partial charge in [0.05, 0.1) is 36.6 Å². The van der Waals surface area contributed by atoms with Crippen LogP contribution in [0.1, 0.15) is 32.6 Å². The van der Waals surface area contributed by atoms with Gasteiger partial charge in [-0.2, -0.15) is 0 Å². The van der Waals surface area contributed by atoms with Crippen LogP contribution in [0.15, 0.2) is 0 Å². The van der Waals surface area contributed by atoms with Crippen molar-refractivity contribution in [1.82, 2.24) is 4.90 Å². The van der Waals surface area contributed by atoms with Gasteiger partial charge >= 0.3 is 0 Å². The van der Waals surface area contributed by atoms with Gasteiger partial charge in [0.25, 0.3) is 0 Å².